The molecule has 2 N–H and O–H groups in total. The zero-order chi connectivity index (χ0) is 13.8. The number of amides is 1. The number of hydrogen-bond acceptors (Lipinski definition) is 3. The highest BCUT2D eigenvalue weighted by molar-refractivity contribution is 7.80. The van der Waals surface area contributed by atoms with Crippen LogP contribution in [0.15, 0.2) is 24.3 Å². The van der Waals surface area contributed by atoms with Crippen LogP contribution in [0.1, 0.15) is 18.9 Å². The third-order valence-corrected chi connectivity index (χ3v) is 3.51. The van der Waals surface area contributed by atoms with E-state index in [2.05, 4.69) is 6.92 Å². The summed E-state index contributed by atoms with van der Waals surface area (Å²) in [7, 11) is 0. The highest BCUT2D eigenvalue weighted by Crippen LogP contribution is 2.16. The average molecular weight is 278 g/mol. The summed E-state index contributed by atoms with van der Waals surface area (Å²) in [5.74, 6) is 1.29. The number of thiocarbonyl (C=S) groups is 1. The zero-order valence-corrected chi connectivity index (χ0v) is 11.8. The van der Waals surface area contributed by atoms with Crippen molar-refractivity contribution in [3.63, 3.8) is 0 Å². The molecule has 19 heavy (non-hydrogen) atoms. The lowest BCUT2D eigenvalue weighted by Crippen LogP contribution is -2.32. The lowest BCUT2D eigenvalue weighted by molar-refractivity contribution is -0.132. The molecule has 0 aromatic heterocycles. The lowest BCUT2D eigenvalue weighted by atomic mass is 10.2. The number of likely N-dealkylation sites (tertiary alicyclic amines) is 1. The molecule has 0 aliphatic carbocycles. The van der Waals surface area contributed by atoms with E-state index in [1.807, 2.05) is 4.90 Å². The predicted molar refractivity (Wildman–Crippen MR) is 78.2 cm³/mol. The number of hydrogen-bond donors (Lipinski definition) is 1. The fourth-order valence-electron chi connectivity index (χ4n) is 2.11. The zero-order valence-electron chi connectivity index (χ0n) is 11.0. The minimum Gasteiger partial charge on any atom is -0.484 e. The molecule has 1 aromatic carbocycles. The van der Waals surface area contributed by atoms with Crippen molar-refractivity contribution in [3.8, 4) is 5.75 Å². The first-order valence-electron chi connectivity index (χ1n) is 6.36. The SMILES string of the molecule is CC1CCN(C(=O)COc2ccc(C(N)=S)cc2)C1. The number of benzene rings is 1. The van der Waals surface area contributed by atoms with Gasteiger partial charge >= 0.3 is 0 Å². The molecule has 0 bridgehead atoms. The summed E-state index contributed by atoms with van der Waals surface area (Å²) in [5.41, 5.74) is 6.31. The van der Waals surface area contributed by atoms with E-state index in [9.17, 15) is 4.79 Å². The van der Waals surface area contributed by atoms with Gasteiger partial charge in [0.15, 0.2) is 6.61 Å². The van der Waals surface area contributed by atoms with Gasteiger partial charge in [0.25, 0.3) is 5.91 Å². The molecule has 1 heterocycles. The van der Waals surface area contributed by atoms with Gasteiger partial charge in [-0.2, -0.15) is 0 Å². The summed E-state index contributed by atoms with van der Waals surface area (Å²) in [5, 5.41) is 0. The van der Waals surface area contributed by atoms with Gasteiger partial charge in [-0.1, -0.05) is 19.1 Å². The van der Waals surface area contributed by atoms with Crippen LogP contribution >= 0.6 is 12.2 Å². The van der Waals surface area contributed by atoms with Gasteiger partial charge in [0, 0.05) is 18.7 Å². The Bertz CT molecular complexity index is 473. The molecule has 0 saturated carbocycles. The maximum absolute atomic E-state index is 11.9. The maximum atomic E-state index is 11.9. The number of carbonyl (C=O) groups excluding carboxylic acids is 1. The van der Waals surface area contributed by atoms with Crippen LogP contribution in [0.3, 0.4) is 0 Å². The van der Waals surface area contributed by atoms with Crippen LogP contribution in [0.4, 0.5) is 0 Å². The van der Waals surface area contributed by atoms with E-state index >= 15 is 0 Å². The number of ether oxygens (including phenoxy) is 1. The van der Waals surface area contributed by atoms with Gasteiger partial charge in [-0.05, 0) is 36.6 Å². The molecule has 1 aromatic rings. The van der Waals surface area contributed by atoms with Gasteiger partial charge < -0.3 is 15.4 Å². The molecule has 1 aliphatic heterocycles. The van der Waals surface area contributed by atoms with Crippen molar-refractivity contribution < 1.29 is 9.53 Å². The van der Waals surface area contributed by atoms with E-state index < -0.39 is 0 Å². The van der Waals surface area contributed by atoms with Gasteiger partial charge in [0.05, 0.1) is 0 Å². The number of carbonyl (C=O) groups is 1. The van der Waals surface area contributed by atoms with E-state index in [4.69, 9.17) is 22.7 Å². The molecule has 1 atom stereocenters. The Labute approximate surface area is 118 Å². The van der Waals surface area contributed by atoms with Crippen molar-refractivity contribution in [1.29, 1.82) is 0 Å². The van der Waals surface area contributed by atoms with Gasteiger partial charge in [0.1, 0.15) is 10.7 Å². The smallest absolute Gasteiger partial charge is 0.260 e. The van der Waals surface area contributed by atoms with E-state index in [1.165, 1.54) is 0 Å². The van der Waals surface area contributed by atoms with Crippen LogP contribution in [-0.4, -0.2) is 35.5 Å². The van der Waals surface area contributed by atoms with Crippen molar-refractivity contribution in [2.45, 2.75) is 13.3 Å². The average Bonchev–Trinajstić information content (AvgIpc) is 2.83. The number of nitrogens with two attached hydrogens (primary N) is 1. The molecule has 5 heteroatoms. The topological polar surface area (TPSA) is 55.6 Å². The van der Waals surface area contributed by atoms with E-state index in [1.54, 1.807) is 24.3 Å². The molecular weight excluding hydrogens is 260 g/mol. The molecule has 4 nitrogen and oxygen atoms in total. The third-order valence-electron chi connectivity index (χ3n) is 3.28. The standard InChI is InChI=1S/C14H18N2O2S/c1-10-6-7-16(8-10)13(17)9-18-12-4-2-11(3-5-12)14(15)19/h2-5,10H,6-9H2,1H3,(H2,15,19). The predicted octanol–water partition coefficient (Wildman–Crippen LogP) is 1.57. The third kappa shape index (κ3) is 3.67. The summed E-state index contributed by atoms with van der Waals surface area (Å²) in [6, 6.07) is 7.13. The minimum absolute atomic E-state index is 0.0442. The van der Waals surface area contributed by atoms with Gasteiger partial charge in [-0.3, -0.25) is 4.79 Å². The Morgan fingerprint density at radius 3 is 2.68 bits per heavy atom. The Balaban J connectivity index is 1.85. The van der Waals surface area contributed by atoms with Crippen molar-refractivity contribution in [3.05, 3.63) is 29.8 Å². The van der Waals surface area contributed by atoms with Gasteiger partial charge in [-0.25, -0.2) is 0 Å². The molecule has 2 rings (SSSR count). The Hall–Kier alpha value is -1.62. The summed E-state index contributed by atoms with van der Waals surface area (Å²) in [4.78, 5) is 14.1. The van der Waals surface area contributed by atoms with Crippen molar-refractivity contribution >= 4 is 23.1 Å². The normalized spacial score (nSPS) is 18.4. The molecule has 1 unspecified atom stereocenters. The van der Waals surface area contributed by atoms with Crippen LogP contribution in [0.2, 0.25) is 0 Å². The van der Waals surface area contributed by atoms with Crippen LogP contribution < -0.4 is 10.5 Å². The van der Waals surface area contributed by atoms with E-state index in [-0.39, 0.29) is 12.5 Å². The second-order valence-corrected chi connectivity index (χ2v) is 5.35. The Morgan fingerprint density at radius 2 is 2.16 bits per heavy atom. The van der Waals surface area contributed by atoms with Crippen molar-refractivity contribution in [1.82, 2.24) is 4.90 Å². The number of rotatable bonds is 4. The first-order valence-corrected chi connectivity index (χ1v) is 6.77. The van der Waals surface area contributed by atoms with Gasteiger partial charge in [-0.15, -0.1) is 0 Å². The van der Waals surface area contributed by atoms with Crippen LogP contribution in [-0.2, 0) is 4.79 Å². The minimum atomic E-state index is 0.0442. The van der Waals surface area contributed by atoms with Gasteiger partial charge in [0.2, 0.25) is 0 Å². The summed E-state index contributed by atoms with van der Waals surface area (Å²) in [6.45, 7) is 3.91. The first kappa shape index (κ1) is 13.8. The summed E-state index contributed by atoms with van der Waals surface area (Å²) in [6.07, 6.45) is 1.08. The summed E-state index contributed by atoms with van der Waals surface area (Å²) >= 11 is 4.87. The fraction of sp³-hybridized carbons (Fsp3) is 0.429. The highest BCUT2D eigenvalue weighted by atomic mass is 32.1. The Morgan fingerprint density at radius 1 is 1.47 bits per heavy atom. The molecule has 102 valence electrons. The molecule has 0 spiro atoms. The Kier molecular flexibility index (Phi) is 4.37. The second kappa shape index (κ2) is 6.02. The summed E-state index contributed by atoms with van der Waals surface area (Å²) < 4.78 is 5.47. The molecule has 0 radical (unpaired) electrons. The quantitative estimate of drug-likeness (QED) is 0.849. The van der Waals surface area contributed by atoms with Crippen LogP contribution in [0, 0.1) is 5.92 Å². The largest absolute Gasteiger partial charge is 0.484 e. The van der Waals surface area contributed by atoms with E-state index in [0.717, 1.165) is 25.1 Å². The molecule has 1 fully saturated rings. The maximum Gasteiger partial charge on any atom is 0.260 e. The molecule has 1 aliphatic rings. The van der Waals surface area contributed by atoms with Crippen molar-refractivity contribution in [2.24, 2.45) is 11.7 Å². The monoisotopic (exact) mass is 278 g/mol. The molecule has 1 amide bonds. The highest BCUT2D eigenvalue weighted by Gasteiger charge is 2.23. The molecular formula is C14H18N2O2S. The number of nitrogens with zero attached hydrogens (tertiary/aromatic N) is 1. The lowest BCUT2D eigenvalue weighted by Gasteiger charge is -2.16. The molecule has 1 saturated heterocycles. The fourth-order valence-corrected chi connectivity index (χ4v) is 2.25. The first-order chi connectivity index (χ1) is 9.06. The van der Waals surface area contributed by atoms with Crippen LogP contribution in [0.25, 0.3) is 0 Å². The van der Waals surface area contributed by atoms with Crippen molar-refractivity contribution in [2.75, 3.05) is 19.7 Å². The van der Waals surface area contributed by atoms with E-state index in [0.29, 0.717) is 16.7 Å². The second-order valence-electron chi connectivity index (χ2n) is 4.91. The van der Waals surface area contributed by atoms with Crippen LogP contribution in [0.5, 0.6) is 5.75 Å².